The number of alkyl halides is 1. The quantitative estimate of drug-likeness (QED) is 0.606. The van der Waals surface area contributed by atoms with Crippen molar-refractivity contribution in [3.8, 4) is 11.5 Å². The number of ether oxygens (including phenoxy) is 1. The molecule has 0 saturated carbocycles. The second-order valence-corrected chi connectivity index (χ2v) is 6.76. The van der Waals surface area contributed by atoms with Crippen LogP contribution in [0.1, 0.15) is 37.5 Å². The summed E-state index contributed by atoms with van der Waals surface area (Å²) in [5, 5.41) is 0.422. The van der Waals surface area contributed by atoms with Crippen molar-refractivity contribution in [2.75, 3.05) is 0 Å². The van der Waals surface area contributed by atoms with Gasteiger partial charge >= 0.3 is 0 Å². The molecule has 0 aliphatic rings. The van der Waals surface area contributed by atoms with E-state index < -0.39 is 0 Å². The third-order valence-corrected chi connectivity index (χ3v) is 3.94. The van der Waals surface area contributed by atoms with Crippen LogP contribution < -0.4 is 4.74 Å². The molecule has 0 aliphatic heterocycles. The van der Waals surface area contributed by atoms with Gasteiger partial charge in [0.15, 0.2) is 0 Å². The van der Waals surface area contributed by atoms with Gasteiger partial charge in [-0.1, -0.05) is 54.9 Å². The molecule has 0 heterocycles. The highest BCUT2D eigenvalue weighted by Gasteiger charge is 2.20. The molecule has 2 aromatic rings. The summed E-state index contributed by atoms with van der Waals surface area (Å²) in [6.07, 6.45) is 0. The summed E-state index contributed by atoms with van der Waals surface area (Å²) in [4.78, 5) is 0. The van der Waals surface area contributed by atoms with Crippen LogP contribution in [-0.4, -0.2) is 0 Å². The van der Waals surface area contributed by atoms with Gasteiger partial charge in [0.25, 0.3) is 0 Å². The molecule has 0 N–H and O–H groups in total. The number of hydrogen-bond donors (Lipinski definition) is 0. The van der Waals surface area contributed by atoms with Crippen LogP contribution in [-0.2, 0) is 10.7 Å². The molecule has 112 valence electrons. The van der Waals surface area contributed by atoms with Crippen molar-refractivity contribution in [2.24, 2.45) is 0 Å². The maximum atomic E-state index is 13.9. The minimum Gasteiger partial charge on any atom is -0.457 e. The fraction of sp³-hybridized carbons (Fsp3) is 0.333. The predicted molar refractivity (Wildman–Crippen MR) is 89.0 cm³/mol. The smallest absolute Gasteiger partial charge is 0.134 e. The highest BCUT2D eigenvalue weighted by atomic mass is 79.9. The summed E-state index contributed by atoms with van der Waals surface area (Å²) in [6.45, 7) is 8.45. The predicted octanol–water partition coefficient (Wildman–Crippen LogP) is 6.12. The average molecular weight is 351 g/mol. The first-order valence-corrected chi connectivity index (χ1v) is 8.07. The van der Waals surface area contributed by atoms with Crippen LogP contribution in [0.3, 0.4) is 0 Å². The Hall–Kier alpha value is -1.35. The van der Waals surface area contributed by atoms with Gasteiger partial charge in [0.2, 0.25) is 0 Å². The number of benzene rings is 2. The zero-order valence-corrected chi connectivity index (χ0v) is 14.4. The lowest BCUT2D eigenvalue weighted by Crippen LogP contribution is -2.12. The van der Waals surface area contributed by atoms with Crippen LogP contribution in [0.4, 0.5) is 4.39 Å². The molecule has 0 radical (unpaired) electrons. The molecule has 2 aromatic carbocycles. The molecule has 1 nitrogen and oxygen atoms in total. The van der Waals surface area contributed by atoms with Gasteiger partial charge in [-0.25, -0.2) is 4.39 Å². The molecular formula is C18H20BrFO. The van der Waals surface area contributed by atoms with E-state index in [1.165, 1.54) is 6.07 Å². The SMILES string of the molecule is Cc1ccc(C(C)(C)C)c(Oc2cccc(F)c2CBr)c1. The fourth-order valence-corrected chi connectivity index (χ4v) is 2.76. The van der Waals surface area contributed by atoms with Crippen LogP contribution in [0.2, 0.25) is 0 Å². The summed E-state index contributed by atoms with van der Waals surface area (Å²) in [5.41, 5.74) is 2.73. The van der Waals surface area contributed by atoms with E-state index in [2.05, 4.69) is 48.8 Å². The van der Waals surface area contributed by atoms with Crippen LogP contribution in [0, 0.1) is 12.7 Å². The van der Waals surface area contributed by atoms with Crippen molar-refractivity contribution in [3.63, 3.8) is 0 Å². The summed E-state index contributed by atoms with van der Waals surface area (Å²) < 4.78 is 19.9. The van der Waals surface area contributed by atoms with E-state index >= 15 is 0 Å². The fourth-order valence-electron chi connectivity index (χ4n) is 2.22. The summed E-state index contributed by atoms with van der Waals surface area (Å²) >= 11 is 3.33. The van der Waals surface area contributed by atoms with Crippen LogP contribution in [0.5, 0.6) is 11.5 Å². The Morgan fingerprint density at radius 2 is 1.81 bits per heavy atom. The van der Waals surface area contributed by atoms with Crippen LogP contribution in [0.15, 0.2) is 36.4 Å². The minimum atomic E-state index is -0.255. The van der Waals surface area contributed by atoms with E-state index in [1.54, 1.807) is 12.1 Å². The average Bonchev–Trinajstić information content (AvgIpc) is 2.37. The summed E-state index contributed by atoms with van der Waals surface area (Å²) in [7, 11) is 0. The second kappa shape index (κ2) is 6.18. The molecule has 0 fully saturated rings. The van der Waals surface area contributed by atoms with Gasteiger partial charge in [0.05, 0.1) is 0 Å². The Kier molecular flexibility index (Phi) is 4.72. The van der Waals surface area contributed by atoms with E-state index in [0.29, 0.717) is 16.6 Å². The van der Waals surface area contributed by atoms with Crippen LogP contribution >= 0.6 is 15.9 Å². The van der Waals surface area contributed by atoms with Gasteiger partial charge in [0, 0.05) is 16.5 Å². The number of halogens is 2. The van der Waals surface area contributed by atoms with E-state index in [4.69, 9.17) is 4.74 Å². The number of hydrogen-bond acceptors (Lipinski definition) is 1. The highest BCUT2D eigenvalue weighted by molar-refractivity contribution is 9.08. The molecule has 0 bridgehead atoms. The summed E-state index contributed by atoms with van der Waals surface area (Å²) in [5.74, 6) is 1.09. The van der Waals surface area contributed by atoms with Crippen molar-refractivity contribution < 1.29 is 9.13 Å². The standard InChI is InChI=1S/C18H20BrFO/c1-12-8-9-14(18(2,3)4)17(10-12)21-16-7-5-6-15(20)13(16)11-19/h5-10H,11H2,1-4H3. The first kappa shape index (κ1) is 16.0. The van der Waals surface area contributed by atoms with E-state index in [9.17, 15) is 4.39 Å². The Morgan fingerprint density at radius 3 is 2.43 bits per heavy atom. The molecule has 3 heteroatoms. The lowest BCUT2D eigenvalue weighted by Gasteiger charge is -2.23. The van der Waals surface area contributed by atoms with E-state index in [0.717, 1.165) is 16.9 Å². The topological polar surface area (TPSA) is 9.23 Å². The lowest BCUT2D eigenvalue weighted by molar-refractivity contribution is 0.446. The number of rotatable bonds is 3. The van der Waals surface area contributed by atoms with Gasteiger partial charge in [-0.2, -0.15) is 0 Å². The molecular weight excluding hydrogens is 331 g/mol. The summed E-state index contributed by atoms with van der Waals surface area (Å²) in [6, 6.07) is 11.1. The van der Waals surface area contributed by atoms with Crippen molar-refractivity contribution in [1.82, 2.24) is 0 Å². The third kappa shape index (κ3) is 3.65. The first-order valence-electron chi connectivity index (χ1n) is 6.95. The Morgan fingerprint density at radius 1 is 1.10 bits per heavy atom. The monoisotopic (exact) mass is 350 g/mol. The van der Waals surface area contributed by atoms with Crippen molar-refractivity contribution >= 4 is 15.9 Å². The minimum absolute atomic E-state index is 0.0368. The normalized spacial score (nSPS) is 11.5. The molecule has 21 heavy (non-hydrogen) atoms. The van der Waals surface area contributed by atoms with Gasteiger partial charge in [-0.3, -0.25) is 0 Å². The maximum Gasteiger partial charge on any atom is 0.134 e. The molecule has 2 rings (SSSR count). The Bertz CT molecular complexity index is 644. The zero-order chi connectivity index (χ0) is 15.6. The van der Waals surface area contributed by atoms with E-state index in [-0.39, 0.29) is 11.2 Å². The molecule has 0 aromatic heterocycles. The van der Waals surface area contributed by atoms with Gasteiger partial charge in [-0.05, 0) is 36.1 Å². The van der Waals surface area contributed by atoms with E-state index in [1.807, 2.05) is 13.0 Å². The van der Waals surface area contributed by atoms with Gasteiger partial charge in [0.1, 0.15) is 17.3 Å². The van der Waals surface area contributed by atoms with Crippen molar-refractivity contribution in [3.05, 3.63) is 58.9 Å². The van der Waals surface area contributed by atoms with Crippen molar-refractivity contribution in [2.45, 2.75) is 38.4 Å². The Labute approximate surface area is 134 Å². The molecule has 0 aliphatic carbocycles. The largest absolute Gasteiger partial charge is 0.457 e. The lowest BCUT2D eigenvalue weighted by atomic mass is 9.86. The highest BCUT2D eigenvalue weighted by Crippen LogP contribution is 2.36. The first-order chi connectivity index (χ1) is 9.82. The molecule has 0 unspecified atom stereocenters. The molecule has 0 saturated heterocycles. The van der Waals surface area contributed by atoms with Crippen molar-refractivity contribution in [1.29, 1.82) is 0 Å². The van der Waals surface area contributed by atoms with Crippen LogP contribution in [0.25, 0.3) is 0 Å². The molecule has 0 atom stereocenters. The third-order valence-electron chi connectivity index (χ3n) is 3.37. The van der Waals surface area contributed by atoms with Gasteiger partial charge in [-0.15, -0.1) is 0 Å². The zero-order valence-electron chi connectivity index (χ0n) is 12.8. The Balaban J connectivity index is 2.49. The molecule has 0 amide bonds. The maximum absolute atomic E-state index is 13.9. The van der Waals surface area contributed by atoms with Gasteiger partial charge < -0.3 is 4.74 Å². The second-order valence-electron chi connectivity index (χ2n) is 6.20. The molecule has 0 spiro atoms. The number of aryl methyl sites for hydroxylation is 1.